The van der Waals surface area contributed by atoms with Crippen molar-refractivity contribution in [2.45, 2.75) is 31.8 Å². The Hall–Kier alpha value is -1.55. The number of nitrogens with one attached hydrogen (secondary N) is 1. The van der Waals surface area contributed by atoms with Gasteiger partial charge < -0.3 is 16.2 Å². The number of rotatable bonds is 4. The van der Waals surface area contributed by atoms with Gasteiger partial charge in [-0.3, -0.25) is 4.79 Å². The molecule has 17 heavy (non-hydrogen) atoms. The zero-order valence-corrected chi connectivity index (χ0v) is 9.99. The van der Waals surface area contributed by atoms with Crippen molar-refractivity contribution in [1.82, 2.24) is 0 Å². The highest BCUT2D eigenvalue weighted by molar-refractivity contribution is 6.00. The molecule has 0 unspecified atom stereocenters. The molecule has 0 spiro atoms. The number of carbonyl (C=O) groups excluding carboxylic acids is 1. The second-order valence-electron chi connectivity index (χ2n) is 4.79. The number of nitrogen functional groups attached to an aromatic ring is 1. The van der Waals surface area contributed by atoms with Crippen molar-refractivity contribution in [2.75, 3.05) is 17.6 Å². The number of carbonyl (C=O) groups is 1. The number of aliphatic hydroxyl groups is 1. The molecule has 1 aromatic carbocycles. The summed E-state index contributed by atoms with van der Waals surface area (Å²) in [5.41, 5.74) is 6.98. The molecule has 1 aliphatic rings. The minimum atomic E-state index is -0.572. The van der Waals surface area contributed by atoms with Crippen LogP contribution in [0.25, 0.3) is 0 Å². The summed E-state index contributed by atoms with van der Waals surface area (Å²) in [7, 11) is 0. The molecule has 1 aromatic rings. The Morgan fingerprint density at radius 3 is 2.76 bits per heavy atom. The van der Waals surface area contributed by atoms with Crippen molar-refractivity contribution in [3.05, 3.63) is 23.8 Å². The minimum absolute atomic E-state index is 0.0477. The van der Waals surface area contributed by atoms with Crippen LogP contribution in [0.3, 0.4) is 0 Å². The first-order valence-electron chi connectivity index (χ1n) is 5.87. The number of hydrogen-bond donors (Lipinski definition) is 3. The van der Waals surface area contributed by atoms with Gasteiger partial charge in [0.05, 0.1) is 5.60 Å². The molecule has 0 atom stereocenters. The average Bonchev–Trinajstić information content (AvgIpc) is 2.25. The van der Waals surface area contributed by atoms with Crippen molar-refractivity contribution in [3.63, 3.8) is 0 Å². The largest absolute Gasteiger partial charge is 0.398 e. The van der Waals surface area contributed by atoms with Crippen LogP contribution in [0.4, 0.5) is 11.4 Å². The predicted molar refractivity (Wildman–Crippen MR) is 68.1 cm³/mol. The zero-order chi connectivity index (χ0) is 12.5. The van der Waals surface area contributed by atoms with E-state index in [9.17, 15) is 9.90 Å². The lowest BCUT2D eigenvalue weighted by Crippen LogP contribution is -2.43. The molecule has 0 heterocycles. The maximum absolute atomic E-state index is 11.3. The molecule has 2 rings (SSSR count). The van der Waals surface area contributed by atoms with Gasteiger partial charge in [-0.2, -0.15) is 0 Å². The zero-order valence-electron chi connectivity index (χ0n) is 9.99. The quantitative estimate of drug-likeness (QED) is 0.548. The van der Waals surface area contributed by atoms with E-state index in [1.54, 1.807) is 12.1 Å². The van der Waals surface area contributed by atoms with E-state index in [0.717, 1.165) is 24.9 Å². The van der Waals surface area contributed by atoms with Crippen molar-refractivity contribution in [2.24, 2.45) is 0 Å². The smallest absolute Gasteiger partial charge is 0.161 e. The van der Waals surface area contributed by atoms with E-state index in [4.69, 9.17) is 5.73 Å². The van der Waals surface area contributed by atoms with Gasteiger partial charge in [0.1, 0.15) is 0 Å². The SMILES string of the molecule is CC(=O)c1cc(NCC2(O)CCC2)ccc1N. The van der Waals surface area contributed by atoms with Crippen LogP contribution in [0.5, 0.6) is 0 Å². The third-order valence-corrected chi connectivity index (χ3v) is 3.34. The third-order valence-electron chi connectivity index (χ3n) is 3.34. The monoisotopic (exact) mass is 234 g/mol. The highest BCUT2D eigenvalue weighted by atomic mass is 16.3. The van der Waals surface area contributed by atoms with Crippen LogP contribution in [0.2, 0.25) is 0 Å². The molecule has 1 saturated carbocycles. The van der Waals surface area contributed by atoms with Crippen LogP contribution < -0.4 is 11.1 Å². The van der Waals surface area contributed by atoms with Crippen LogP contribution in [0, 0.1) is 0 Å². The van der Waals surface area contributed by atoms with Gasteiger partial charge in [0, 0.05) is 23.5 Å². The van der Waals surface area contributed by atoms with E-state index in [0.29, 0.717) is 17.8 Å². The topological polar surface area (TPSA) is 75.3 Å². The van der Waals surface area contributed by atoms with Gasteiger partial charge in [-0.1, -0.05) is 0 Å². The summed E-state index contributed by atoms with van der Waals surface area (Å²) in [6.07, 6.45) is 2.77. The van der Waals surface area contributed by atoms with Gasteiger partial charge in [0.2, 0.25) is 0 Å². The highest BCUT2D eigenvalue weighted by Gasteiger charge is 2.33. The second kappa shape index (κ2) is 4.37. The molecule has 0 aromatic heterocycles. The number of Topliss-reactive ketones (excluding diaryl/α,β-unsaturated/α-hetero) is 1. The molecule has 0 aliphatic heterocycles. The normalized spacial score (nSPS) is 17.3. The summed E-state index contributed by atoms with van der Waals surface area (Å²) in [6.45, 7) is 2.02. The molecule has 92 valence electrons. The summed E-state index contributed by atoms with van der Waals surface area (Å²) in [4.78, 5) is 11.3. The lowest BCUT2D eigenvalue weighted by molar-refractivity contribution is -0.0201. The minimum Gasteiger partial charge on any atom is -0.398 e. The Labute approximate surface area is 101 Å². The van der Waals surface area contributed by atoms with Crippen molar-refractivity contribution in [3.8, 4) is 0 Å². The number of anilines is 2. The second-order valence-corrected chi connectivity index (χ2v) is 4.79. The van der Waals surface area contributed by atoms with Crippen LogP contribution >= 0.6 is 0 Å². The molecule has 1 fully saturated rings. The Bertz CT molecular complexity index is 439. The summed E-state index contributed by atoms with van der Waals surface area (Å²) in [6, 6.07) is 5.27. The van der Waals surface area contributed by atoms with Crippen molar-refractivity contribution < 1.29 is 9.90 Å². The average molecular weight is 234 g/mol. The molecule has 0 bridgehead atoms. The third kappa shape index (κ3) is 2.58. The number of benzene rings is 1. The van der Waals surface area contributed by atoms with E-state index in [1.807, 2.05) is 6.07 Å². The first-order chi connectivity index (χ1) is 8.00. The molecule has 4 nitrogen and oxygen atoms in total. The summed E-state index contributed by atoms with van der Waals surface area (Å²) in [5, 5.41) is 13.1. The van der Waals surface area contributed by atoms with Crippen LogP contribution in [-0.4, -0.2) is 23.0 Å². The molecule has 4 heteroatoms. The Morgan fingerprint density at radius 1 is 1.53 bits per heavy atom. The number of hydrogen-bond acceptors (Lipinski definition) is 4. The Balaban J connectivity index is 2.06. The van der Waals surface area contributed by atoms with E-state index >= 15 is 0 Å². The Kier molecular flexibility index (Phi) is 3.07. The van der Waals surface area contributed by atoms with Gasteiger partial charge in [-0.15, -0.1) is 0 Å². The van der Waals surface area contributed by atoms with E-state index in [2.05, 4.69) is 5.32 Å². The molecule has 0 amide bonds. The van der Waals surface area contributed by atoms with Crippen molar-refractivity contribution in [1.29, 1.82) is 0 Å². The molecule has 0 radical (unpaired) electrons. The van der Waals surface area contributed by atoms with Crippen LogP contribution in [0.15, 0.2) is 18.2 Å². The summed E-state index contributed by atoms with van der Waals surface area (Å²) < 4.78 is 0. The van der Waals surface area contributed by atoms with Gasteiger partial charge >= 0.3 is 0 Å². The summed E-state index contributed by atoms with van der Waals surface area (Å²) in [5.74, 6) is -0.0477. The maximum atomic E-state index is 11.3. The molecular formula is C13H18N2O2. The fraction of sp³-hybridized carbons (Fsp3) is 0.462. The molecule has 4 N–H and O–H groups in total. The van der Waals surface area contributed by atoms with Gasteiger partial charge in [0.15, 0.2) is 5.78 Å². The van der Waals surface area contributed by atoms with E-state index in [-0.39, 0.29) is 5.78 Å². The number of nitrogens with two attached hydrogens (primary N) is 1. The van der Waals surface area contributed by atoms with Crippen LogP contribution in [-0.2, 0) is 0 Å². The van der Waals surface area contributed by atoms with E-state index in [1.165, 1.54) is 6.92 Å². The fourth-order valence-electron chi connectivity index (χ4n) is 2.00. The van der Waals surface area contributed by atoms with Gasteiger partial charge in [0.25, 0.3) is 0 Å². The maximum Gasteiger partial charge on any atom is 0.161 e. The fourth-order valence-corrected chi connectivity index (χ4v) is 2.00. The molecule has 0 saturated heterocycles. The Morgan fingerprint density at radius 2 is 2.24 bits per heavy atom. The van der Waals surface area contributed by atoms with Crippen LogP contribution in [0.1, 0.15) is 36.5 Å². The van der Waals surface area contributed by atoms with Gasteiger partial charge in [-0.05, 0) is 44.4 Å². The first-order valence-corrected chi connectivity index (χ1v) is 5.87. The highest BCUT2D eigenvalue weighted by Crippen LogP contribution is 2.31. The molecule has 1 aliphatic carbocycles. The number of ketones is 1. The molecular weight excluding hydrogens is 216 g/mol. The standard InChI is InChI=1S/C13H18N2O2/c1-9(16)11-7-10(3-4-12(11)14)15-8-13(17)5-2-6-13/h3-4,7,15,17H,2,5-6,8,14H2,1H3. The summed E-state index contributed by atoms with van der Waals surface area (Å²) >= 11 is 0. The lowest BCUT2D eigenvalue weighted by atomic mass is 9.80. The van der Waals surface area contributed by atoms with Crippen molar-refractivity contribution >= 4 is 17.2 Å². The van der Waals surface area contributed by atoms with Gasteiger partial charge in [-0.25, -0.2) is 0 Å². The van der Waals surface area contributed by atoms with E-state index < -0.39 is 5.60 Å². The predicted octanol–water partition coefficient (Wildman–Crippen LogP) is 1.80. The lowest BCUT2D eigenvalue weighted by Gasteiger charge is -2.36. The first kappa shape index (κ1) is 11.9.